The molecule has 8 heteroatoms. The first-order valence-corrected chi connectivity index (χ1v) is 10.8. The Labute approximate surface area is 182 Å². The highest BCUT2D eigenvalue weighted by molar-refractivity contribution is 5.97. The number of para-hydroxylation sites is 1. The molecule has 1 saturated carbocycles. The normalized spacial score (nSPS) is 14.8. The zero-order chi connectivity index (χ0) is 22.4. The third-order valence-electron chi connectivity index (χ3n) is 5.63. The number of nitrogens with zero attached hydrogens (tertiary/aromatic N) is 2. The average molecular weight is 427 g/mol. The minimum Gasteiger partial charge on any atom is -0.453 e. The smallest absolute Gasteiger partial charge is 0.321 e. The lowest BCUT2D eigenvalue weighted by Gasteiger charge is -2.15. The lowest BCUT2D eigenvalue weighted by Crippen LogP contribution is -2.47. The molecule has 1 aliphatic carbocycles. The summed E-state index contributed by atoms with van der Waals surface area (Å²) in [5.74, 6) is -1.13. The number of aryl methyl sites for hydroxylation is 1. The predicted molar refractivity (Wildman–Crippen MR) is 116 cm³/mol. The van der Waals surface area contributed by atoms with E-state index in [-0.39, 0.29) is 12.5 Å². The van der Waals surface area contributed by atoms with Gasteiger partial charge in [-0.05, 0) is 57.7 Å². The van der Waals surface area contributed by atoms with Crippen molar-refractivity contribution in [2.75, 3.05) is 0 Å². The van der Waals surface area contributed by atoms with Gasteiger partial charge in [-0.2, -0.15) is 5.10 Å². The third-order valence-corrected chi connectivity index (χ3v) is 5.63. The molecule has 2 N–H and O–H groups in total. The minimum atomic E-state index is -1.05. The fourth-order valence-electron chi connectivity index (χ4n) is 3.90. The summed E-state index contributed by atoms with van der Waals surface area (Å²) in [6, 6.07) is 9.35. The summed E-state index contributed by atoms with van der Waals surface area (Å²) >= 11 is 0. The van der Waals surface area contributed by atoms with Crippen LogP contribution in [0.3, 0.4) is 0 Å². The van der Waals surface area contributed by atoms with Gasteiger partial charge in [-0.15, -0.1) is 0 Å². The van der Waals surface area contributed by atoms with E-state index >= 15 is 0 Å². The topological polar surface area (TPSA) is 102 Å². The molecule has 1 atom stereocenters. The second-order valence-electron chi connectivity index (χ2n) is 7.97. The molecule has 1 fully saturated rings. The maximum absolute atomic E-state index is 12.3. The van der Waals surface area contributed by atoms with Crippen molar-refractivity contribution in [1.82, 2.24) is 20.4 Å². The largest absolute Gasteiger partial charge is 0.453 e. The van der Waals surface area contributed by atoms with Crippen LogP contribution in [0.25, 0.3) is 5.69 Å². The molecule has 31 heavy (non-hydrogen) atoms. The molecule has 0 bridgehead atoms. The van der Waals surface area contributed by atoms with Crippen molar-refractivity contribution < 1.29 is 19.1 Å². The number of urea groups is 1. The number of amides is 3. The molecule has 0 aliphatic heterocycles. The predicted octanol–water partition coefficient (Wildman–Crippen LogP) is 3.12. The number of aromatic nitrogens is 2. The SMILES string of the molecule is Cc1nn(-c2ccccc2)c(C)c1CCC(=O)O[C@H](C)C(=O)NC(=O)NC1CCCC1. The molecule has 1 aromatic heterocycles. The van der Waals surface area contributed by atoms with Crippen molar-refractivity contribution >= 4 is 17.9 Å². The van der Waals surface area contributed by atoms with Crippen LogP contribution in [0.1, 0.15) is 56.0 Å². The number of benzene rings is 1. The van der Waals surface area contributed by atoms with Crippen LogP contribution in [0.2, 0.25) is 0 Å². The van der Waals surface area contributed by atoms with E-state index < -0.39 is 24.0 Å². The zero-order valence-electron chi connectivity index (χ0n) is 18.3. The molecule has 0 spiro atoms. The molecular formula is C23H30N4O4. The summed E-state index contributed by atoms with van der Waals surface area (Å²) in [6.45, 7) is 5.33. The van der Waals surface area contributed by atoms with Crippen molar-refractivity contribution in [2.24, 2.45) is 0 Å². The molecular weight excluding hydrogens is 396 g/mol. The Kier molecular flexibility index (Phi) is 7.44. The van der Waals surface area contributed by atoms with E-state index in [1.165, 1.54) is 6.92 Å². The highest BCUT2D eigenvalue weighted by Crippen LogP contribution is 2.20. The Morgan fingerprint density at radius 1 is 1.16 bits per heavy atom. The van der Waals surface area contributed by atoms with E-state index in [9.17, 15) is 14.4 Å². The van der Waals surface area contributed by atoms with Gasteiger partial charge in [0.1, 0.15) is 0 Å². The standard InChI is InChI=1S/C23H30N4O4/c1-15-20(16(2)27(26-15)19-11-5-4-6-12-19)13-14-21(28)31-17(3)22(29)25-23(30)24-18-9-7-8-10-18/h4-6,11-12,17-18H,7-10,13-14H2,1-3H3,(H2,24,25,29,30)/t17-/m1/s1. The monoisotopic (exact) mass is 426 g/mol. The second-order valence-corrected chi connectivity index (χ2v) is 7.97. The number of rotatable bonds is 7. The number of carbonyl (C=O) groups is 3. The van der Waals surface area contributed by atoms with E-state index in [4.69, 9.17) is 4.74 Å². The molecule has 3 amide bonds. The van der Waals surface area contributed by atoms with Crippen LogP contribution in [-0.2, 0) is 20.7 Å². The van der Waals surface area contributed by atoms with Crippen molar-refractivity contribution in [3.05, 3.63) is 47.3 Å². The third kappa shape index (κ3) is 5.93. The Balaban J connectivity index is 1.49. The molecule has 1 heterocycles. The van der Waals surface area contributed by atoms with E-state index in [0.717, 1.165) is 48.3 Å². The molecule has 0 unspecified atom stereocenters. The van der Waals surface area contributed by atoms with Crippen LogP contribution in [0.4, 0.5) is 4.79 Å². The number of hydrogen-bond donors (Lipinski definition) is 2. The Bertz CT molecular complexity index is 933. The Morgan fingerprint density at radius 2 is 1.84 bits per heavy atom. The number of carbonyl (C=O) groups excluding carboxylic acids is 3. The number of imide groups is 1. The number of ether oxygens (including phenoxy) is 1. The van der Waals surface area contributed by atoms with E-state index in [1.807, 2.05) is 48.9 Å². The lowest BCUT2D eigenvalue weighted by molar-refractivity contribution is -0.154. The molecule has 1 aliphatic rings. The van der Waals surface area contributed by atoms with Gasteiger partial charge in [-0.25, -0.2) is 9.48 Å². The van der Waals surface area contributed by atoms with Gasteiger partial charge in [0.15, 0.2) is 6.10 Å². The van der Waals surface area contributed by atoms with Gasteiger partial charge in [0, 0.05) is 18.2 Å². The van der Waals surface area contributed by atoms with Crippen molar-refractivity contribution in [1.29, 1.82) is 0 Å². The van der Waals surface area contributed by atoms with Gasteiger partial charge in [0.25, 0.3) is 5.91 Å². The highest BCUT2D eigenvalue weighted by Gasteiger charge is 2.23. The maximum Gasteiger partial charge on any atom is 0.321 e. The van der Waals surface area contributed by atoms with Crippen LogP contribution in [0.15, 0.2) is 30.3 Å². The van der Waals surface area contributed by atoms with Crippen LogP contribution < -0.4 is 10.6 Å². The fraction of sp³-hybridized carbons (Fsp3) is 0.478. The number of esters is 1. The summed E-state index contributed by atoms with van der Waals surface area (Å²) in [5.41, 5.74) is 3.75. The summed E-state index contributed by atoms with van der Waals surface area (Å²) < 4.78 is 7.07. The molecule has 3 rings (SSSR count). The summed E-state index contributed by atoms with van der Waals surface area (Å²) in [5, 5.41) is 9.60. The first kappa shape index (κ1) is 22.5. The Morgan fingerprint density at radius 3 is 2.52 bits per heavy atom. The summed E-state index contributed by atoms with van der Waals surface area (Å²) in [4.78, 5) is 36.3. The highest BCUT2D eigenvalue weighted by atomic mass is 16.5. The molecule has 1 aromatic carbocycles. The van der Waals surface area contributed by atoms with Gasteiger partial charge in [-0.1, -0.05) is 31.0 Å². The van der Waals surface area contributed by atoms with Gasteiger partial charge in [0.2, 0.25) is 0 Å². The molecule has 8 nitrogen and oxygen atoms in total. The van der Waals surface area contributed by atoms with Crippen molar-refractivity contribution in [3.63, 3.8) is 0 Å². The van der Waals surface area contributed by atoms with Crippen molar-refractivity contribution in [3.8, 4) is 5.69 Å². The number of hydrogen-bond acceptors (Lipinski definition) is 5. The fourth-order valence-corrected chi connectivity index (χ4v) is 3.90. The van der Waals surface area contributed by atoms with Gasteiger partial charge in [0.05, 0.1) is 11.4 Å². The molecule has 166 valence electrons. The first-order chi connectivity index (χ1) is 14.8. The average Bonchev–Trinajstić information content (AvgIpc) is 3.34. The van der Waals surface area contributed by atoms with E-state index in [0.29, 0.717) is 6.42 Å². The van der Waals surface area contributed by atoms with E-state index in [1.54, 1.807) is 0 Å². The second kappa shape index (κ2) is 10.2. The van der Waals surface area contributed by atoms with Crippen molar-refractivity contribution in [2.45, 2.75) is 71.4 Å². The van der Waals surface area contributed by atoms with E-state index in [2.05, 4.69) is 15.7 Å². The van der Waals surface area contributed by atoms with Gasteiger partial charge < -0.3 is 10.1 Å². The minimum absolute atomic E-state index is 0.105. The van der Waals surface area contributed by atoms with Gasteiger partial charge >= 0.3 is 12.0 Å². The van der Waals surface area contributed by atoms with Crippen LogP contribution in [0.5, 0.6) is 0 Å². The molecule has 0 saturated heterocycles. The summed E-state index contributed by atoms with van der Waals surface area (Å²) in [7, 11) is 0. The lowest BCUT2D eigenvalue weighted by atomic mass is 10.1. The van der Waals surface area contributed by atoms with Gasteiger partial charge in [-0.3, -0.25) is 14.9 Å². The summed E-state index contributed by atoms with van der Waals surface area (Å²) in [6.07, 6.45) is 3.54. The van der Waals surface area contributed by atoms with Crippen LogP contribution in [0, 0.1) is 13.8 Å². The quantitative estimate of drug-likeness (QED) is 0.662. The van der Waals surface area contributed by atoms with Crippen LogP contribution in [-0.4, -0.2) is 39.8 Å². The van der Waals surface area contributed by atoms with Crippen LogP contribution >= 0.6 is 0 Å². The Hall–Kier alpha value is -3.16. The molecule has 2 aromatic rings. The maximum atomic E-state index is 12.3. The first-order valence-electron chi connectivity index (χ1n) is 10.8. The zero-order valence-corrected chi connectivity index (χ0v) is 18.3. The number of nitrogens with one attached hydrogen (secondary N) is 2. The molecule has 0 radical (unpaired) electrons.